The monoisotopic (exact) mass is 409 g/mol. The fourth-order valence-corrected chi connectivity index (χ4v) is 3.55. The third-order valence-corrected chi connectivity index (χ3v) is 4.67. The molecule has 1 aliphatic heterocycles. The van der Waals surface area contributed by atoms with E-state index in [0.717, 1.165) is 13.1 Å². The first kappa shape index (κ1) is 20.4. The maximum atomic E-state index is 13.1. The zero-order chi connectivity index (χ0) is 20.1. The third-order valence-electron chi connectivity index (χ3n) is 3.13. The van der Waals surface area contributed by atoms with E-state index >= 15 is 0 Å². The molecule has 7 nitrogen and oxygen atoms in total. The number of ether oxygens (including phenoxy) is 1. The standard InChI is InChI=1S/C12H13F6N3O4S/c1-10(2)4-7(20-25-10)26(22,23)5-6-8(11(13,14)15)19-21(3)9(6)24-12(16,17)18/h4,20H,5H2,1-3H3. The van der Waals surface area contributed by atoms with Gasteiger partial charge in [-0.1, -0.05) is 0 Å². The molecule has 148 valence electrons. The molecule has 0 unspecified atom stereocenters. The predicted octanol–water partition coefficient (Wildman–Crippen LogP) is 2.41. The van der Waals surface area contributed by atoms with Gasteiger partial charge in [-0.3, -0.25) is 10.3 Å². The highest BCUT2D eigenvalue weighted by Crippen LogP contribution is 2.39. The highest BCUT2D eigenvalue weighted by Gasteiger charge is 2.44. The molecule has 0 radical (unpaired) electrons. The average molecular weight is 409 g/mol. The Morgan fingerprint density at radius 2 is 1.85 bits per heavy atom. The number of hydroxylamine groups is 1. The lowest BCUT2D eigenvalue weighted by Gasteiger charge is -2.13. The van der Waals surface area contributed by atoms with E-state index in [1.807, 2.05) is 5.48 Å². The van der Waals surface area contributed by atoms with Gasteiger partial charge in [-0.05, 0) is 19.9 Å². The quantitative estimate of drug-likeness (QED) is 0.770. The molecule has 2 rings (SSSR count). The molecule has 1 aromatic heterocycles. The normalized spacial score (nSPS) is 17.8. The minimum absolute atomic E-state index is 0.179. The molecule has 1 aliphatic rings. The van der Waals surface area contributed by atoms with E-state index in [4.69, 9.17) is 4.84 Å². The number of halogens is 6. The van der Waals surface area contributed by atoms with Crippen LogP contribution in [0.2, 0.25) is 0 Å². The number of aryl methyl sites for hydroxylation is 1. The summed E-state index contributed by atoms with van der Waals surface area (Å²) in [6.45, 7) is 2.93. The van der Waals surface area contributed by atoms with E-state index < -0.39 is 55.9 Å². The number of rotatable bonds is 4. The van der Waals surface area contributed by atoms with Crippen LogP contribution < -0.4 is 10.2 Å². The van der Waals surface area contributed by atoms with E-state index in [9.17, 15) is 34.8 Å². The van der Waals surface area contributed by atoms with Crippen molar-refractivity contribution in [1.82, 2.24) is 15.3 Å². The van der Waals surface area contributed by atoms with Crippen molar-refractivity contribution in [3.63, 3.8) is 0 Å². The highest BCUT2D eigenvalue weighted by atomic mass is 32.2. The number of aromatic nitrogens is 2. The van der Waals surface area contributed by atoms with Crippen molar-refractivity contribution in [2.24, 2.45) is 7.05 Å². The molecule has 14 heteroatoms. The van der Waals surface area contributed by atoms with E-state index in [1.165, 1.54) is 13.8 Å². The van der Waals surface area contributed by atoms with Crippen molar-refractivity contribution in [2.45, 2.75) is 37.7 Å². The number of alkyl halides is 6. The number of nitrogens with zero attached hydrogens (tertiary/aromatic N) is 2. The fourth-order valence-electron chi connectivity index (χ4n) is 2.13. The Morgan fingerprint density at radius 3 is 2.27 bits per heavy atom. The topological polar surface area (TPSA) is 82.5 Å². The lowest BCUT2D eigenvalue weighted by Crippen LogP contribution is -2.23. The van der Waals surface area contributed by atoms with Crippen molar-refractivity contribution in [1.29, 1.82) is 0 Å². The van der Waals surface area contributed by atoms with Crippen molar-refractivity contribution >= 4 is 9.84 Å². The van der Waals surface area contributed by atoms with Crippen LogP contribution in [0.15, 0.2) is 11.1 Å². The van der Waals surface area contributed by atoms with Gasteiger partial charge in [-0.25, -0.2) is 13.1 Å². The van der Waals surface area contributed by atoms with Crippen molar-refractivity contribution in [2.75, 3.05) is 0 Å². The summed E-state index contributed by atoms with van der Waals surface area (Å²) in [4.78, 5) is 4.91. The Balaban J connectivity index is 2.54. The predicted molar refractivity (Wildman–Crippen MR) is 73.9 cm³/mol. The second-order valence-electron chi connectivity index (χ2n) is 5.88. The summed E-state index contributed by atoms with van der Waals surface area (Å²) < 4.78 is 105. The zero-order valence-corrected chi connectivity index (χ0v) is 14.3. The smallest absolute Gasteiger partial charge is 0.388 e. The first-order valence-corrected chi connectivity index (χ1v) is 8.45. The summed E-state index contributed by atoms with van der Waals surface area (Å²) in [5.41, 5.74) is -2.08. The van der Waals surface area contributed by atoms with Crippen LogP contribution in [-0.4, -0.2) is 30.2 Å². The van der Waals surface area contributed by atoms with Crippen LogP contribution in [0.4, 0.5) is 26.3 Å². The van der Waals surface area contributed by atoms with Crippen LogP contribution in [0.3, 0.4) is 0 Å². The Labute approximate surface area is 143 Å². The third kappa shape index (κ3) is 4.41. The Morgan fingerprint density at radius 1 is 1.27 bits per heavy atom. The van der Waals surface area contributed by atoms with Gasteiger partial charge in [0.25, 0.3) is 0 Å². The van der Waals surface area contributed by atoms with Crippen LogP contribution in [-0.2, 0) is 33.7 Å². The molecule has 0 aromatic carbocycles. The van der Waals surface area contributed by atoms with E-state index in [-0.39, 0.29) is 4.68 Å². The second-order valence-corrected chi connectivity index (χ2v) is 7.83. The van der Waals surface area contributed by atoms with Gasteiger partial charge in [0.05, 0.1) is 11.3 Å². The zero-order valence-electron chi connectivity index (χ0n) is 13.5. The van der Waals surface area contributed by atoms with E-state index in [1.54, 1.807) is 0 Å². The summed E-state index contributed by atoms with van der Waals surface area (Å²) in [7, 11) is -3.74. The molecule has 0 saturated carbocycles. The van der Waals surface area contributed by atoms with Gasteiger partial charge in [-0.2, -0.15) is 18.3 Å². The summed E-state index contributed by atoms with van der Waals surface area (Å²) in [5.74, 6) is -2.80. The minimum atomic E-state index is -5.34. The Hall–Kier alpha value is -1.96. The van der Waals surface area contributed by atoms with Crippen LogP contribution in [0.5, 0.6) is 5.88 Å². The van der Waals surface area contributed by atoms with Gasteiger partial charge in [0.1, 0.15) is 5.60 Å². The minimum Gasteiger partial charge on any atom is -0.388 e. The molecule has 0 fully saturated rings. The molecule has 2 heterocycles. The summed E-state index contributed by atoms with van der Waals surface area (Å²) in [6.07, 6.45) is -9.45. The maximum absolute atomic E-state index is 13.1. The number of sulfone groups is 1. The van der Waals surface area contributed by atoms with Crippen LogP contribution in [0.1, 0.15) is 25.1 Å². The molecule has 0 spiro atoms. The molecule has 0 bridgehead atoms. The van der Waals surface area contributed by atoms with Gasteiger partial charge >= 0.3 is 12.5 Å². The first-order chi connectivity index (χ1) is 11.5. The van der Waals surface area contributed by atoms with Crippen LogP contribution in [0.25, 0.3) is 0 Å². The van der Waals surface area contributed by atoms with Crippen molar-refractivity contribution in [3.8, 4) is 5.88 Å². The Bertz CT molecular complexity index is 838. The molecular weight excluding hydrogens is 396 g/mol. The first-order valence-electron chi connectivity index (χ1n) is 6.80. The van der Waals surface area contributed by atoms with Crippen molar-refractivity contribution in [3.05, 3.63) is 22.4 Å². The maximum Gasteiger partial charge on any atom is 0.574 e. The summed E-state index contributed by atoms with van der Waals surface area (Å²) >= 11 is 0. The van der Waals surface area contributed by atoms with Crippen LogP contribution >= 0.6 is 0 Å². The molecule has 0 saturated heterocycles. The molecule has 0 atom stereocenters. The highest BCUT2D eigenvalue weighted by molar-refractivity contribution is 7.94. The molecule has 0 aliphatic carbocycles. The lowest BCUT2D eigenvalue weighted by atomic mass is 10.1. The lowest BCUT2D eigenvalue weighted by molar-refractivity contribution is -0.277. The summed E-state index contributed by atoms with van der Waals surface area (Å²) in [5, 5.41) is 2.36. The average Bonchev–Trinajstić information content (AvgIpc) is 2.91. The van der Waals surface area contributed by atoms with E-state index in [2.05, 4.69) is 9.84 Å². The fraction of sp³-hybridized carbons (Fsp3) is 0.583. The van der Waals surface area contributed by atoms with Gasteiger partial charge in [-0.15, -0.1) is 13.2 Å². The van der Waals surface area contributed by atoms with Gasteiger partial charge < -0.3 is 4.74 Å². The molecule has 1 aromatic rings. The second kappa shape index (κ2) is 6.04. The number of nitrogens with one attached hydrogen (secondary N) is 1. The SMILES string of the molecule is Cn1nc(C(F)(F)F)c(CS(=O)(=O)C2=CC(C)(C)ON2)c1OC(F)(F)F. The molecular formula is C12H13F6N3O4S. The van der Waals surface area contributed by atoms with Crippen molar-refractivity contribution < 1.29 is 44.3 Å². The molecule has 1 N–H and O–H groups in total. The summed E-state index contributed by atoms with van der Waals surface area (Å²) in [6, 6.07) is 0. The number of hydrogen-bond acceptors (Lipinski definition) is 6. The largest absolute Gasteiger partial charge is 0.574 e. The molecule has 26 heavy (non-hydrogen) atoms. The Kier molecular flexibility index (Phi) is 4.73. The van der Waals surface area contributed by atoms with Gasteiger partial charge in [0, 0.05) is 7.05 Å². The van der Waals surface area contributed by atoms with Crippen LogP contribution in [0, 0.1) is 0 Å². The van der Waals surface area contributed by atoms with Gasteiger partial charge in [0.2, 0.25) is 5.88 Å². The number of hydrogen-bond donors (Lipinski definition) is 1. The molecule has 0 amide bonds. The van der Waals surface area contributed by atoms with E-state index in [0.29, 0.717) is 0 Å². The van der Waals surface area contributed by atoms with Gasteiger partial charge in [0.15, 0.2) is 20.6 Å².